The smallest absolute Gasteiger partial charge is 0.123 e. The molecule has 160 valence electrons. The van der Waals surface area contributed by atoms with Crippen LogP contribution in [0.5, 0.6) is 5.75 Å². The molecule has 0 N–H and O–H groups in total. The monoisotopic (exact) mass is 411 g/mol. The predicted octanol–water partition coefficient (Wildman–Crippen LogP) is 6.44. The molecule has 3 aromatic rings. The van der Waals surface area contributed by atoms with Gasteiger partial charge in [-0.25, -0.2) is 0 Å². The quantitative estimate of drug-likeness (QED) is 0.423. The maximum Gasteiger partial charge on any atom is 0.123 e. The summed E-state index contributed by atoms with van der Waals surface area (Å²) in [6.45, 7) is 8.94. The third-order valence-electron chi connectivity index (χ3n) is 7.32. The molecule has 1 saturated carbocycles. The van der Waals surface area contributed by atoms with E-state index in [9.17, 15) is 0 Å². The van der Waals surface area contributed by atoms with E-state index >= 15 is 0 Å². The predicted molar refractivity (Wildman–Crippen MR) is 128 cm³/mol. The summed E-state index contributed by atoms with van der Waals surface area (Å²) in [4.78, 5) is 2.68. The van der Waals surface area contributed by atoms with Crippen molar-refractivity contribution in [2.24, 2.45) is 11.3 Å². The van der Waals surface area contributed by atoms with Gasteiger partial charge in [0.1, 0.15) is 12.4 Å². The van der Waals surface area contributed by atoms with Crippen LogP contribution >= 0.6 is 0 Å². The minimum atomic E-state index is 0.344. The molecule has 0 radical (unpaired) electrons. The molecule has 2 nitrogen and oxygen atoms in total. The first-order valence-corrected chi connectivity index (χ1v) is 11.7. The number of piperidine rings is 1. The second-order valence-electron chi connectivity index (χ2n) is 9.86. The van der Waals surface area contributed by atoms with Crippen LogP contribution in [0.15, 0.2) is 78.9 Å². The van der Waals surface area contributed by atoms with Crippen LogP contribution in [0.1, 0.15) is 47.9 Å². The van der Waals surface area contributed by atoms with E-state index in [0.29, 0.717) is 17.9 Å². The SMILES string of the molecule is Cc1ccc(OCc2ccccc2)c(C(CCN2CC3CC3(C)C2)c2ccccc2)c1. The number of nitrogens with zero attached hydrogens (tertiary/aromatic N) is 1. The Labute approximate surface area is 186 Å². The zero-order valence-electron chi connectivity index (χ0n) is 18.8. The van der Waals surface area contributed by atoms with Gasteiger partial charge in [-0.15, -0.1) is 0 Å². The fourth-order valence-corrected chi connectivity index (χ4v) is 5.35. The zero-order chi connectivity index (χ0) is 21.3. The largest absolute Gasteiger partial charge is 0.489 e. The highest BCUT2D eigenvalue weighted by Gasteiger charge is 2.55. The first-order chi connectivity index (χ1) is 15.1. The molecule has 2 heteroatoms. The Morgan fingerprint density at radius 2 is 1.74 bits per heavy atom. The molecule has 1 aliphatic heterocycles. The standard InChI is InChI=1S/C29H33NO/c1-22-13-14-28(31-20-23-9-5-3-6-10-23)27(17-22)26(24-11-7-4-8-12-24)15-16-30-19-25-18-29(25,2)21-30/h3-14,17,25-26H,15-16,18-21H2,1-2H3. The summed E-state index contributed by atoms with van der Waals surface area (Å²) in [7, 11) is 0. The second-order valence-corrected chi connectivity index (χ2v) is 9.86. The molecule has 3 atom stereocenters. The molecule has 3 aromatic carbocycles. The lowest BCUT2D eigenvalue weighted by molar-refractivity contribution is 0.274. The molecule has 0 spiro atoms. The van der Waals surface area contributed by atoms with E-state index < -0.39 is 0 Å². The summed E-state index contributed by atoms with van der Waals surface area (Å²) in [5.74, 6) is 2.29. The van der Waals surface area contributed by atoms with Crippen LogP contribution in [-0.4, -0.2) is 24.5 Å². The first-order valence-electron chi connectivity index (χ1n) is 11.7. The summed E-state index contributed by atoms with van der Waals surface area (Å²) >= 11 is 0. The zero-order valence-corrected chi connectivity index (χ0v) is 18.8. The topological polar surface area (TPSA) is 12.5 Å². The van der Waals surface area contributed by atoms with Crippen LogP contribution in [0.4, 0.5) is 0 Å². The van der Waals surface area contributed by atoms with E-state index in [-0.39, 0.29) is 0 Å². The Morgan fingerprint density at radius 3 is 2.45 bits per heavy atom. The first kappa shape index (κ1) is 20.3. The number of benzene rings is 3. The van der Waals surface area contributed by atoms with Crippen LogP contribution in [-0.2, 0) is 6.61 Å². The summed E-state index contributed by atoms with van der Waals surface area (Å²) in [6, 6.07) is 28.1. The van der Waals surface area contributed by atoms with Crippen molar-refractivity contribution in [2.75, 3.05) is 19.6 Å². The van der Waals surface area contributed by atoms with Gasteiger partial charge in [-0.3, -0.25) is 0 Å². The van der Waals surface area contributed by atoms with Gasteiger partial charge in [0.05, 0.1) is 0 Å². The van der Waals surface area contributed by atoms with Gasteiger partial charge in [-0.2, -0.15) is 0 Å². The van der Waals surface area contributed by atoms with Crippen LogP contribution in [0, 0.1) is 18.3 Å². The molecule has 1 saturated heterocycles. The highest BCUT2D eigenvalue weighted by Crippen LogP contribution is 2.57. The van der Waals surface area contributed by atoms with Crippen LogP contribution < -0.4 is 4.74 Å². The van der Waals surface area contributed by atoms with Crippen molar-refractivity contribution in [3.63, 3.8) is 0 Å². The van der Waals surface area contributed by atoms with Gasteiger partial charge in [0.25, 0.3) is 0 Å². The van der Waals surface area contributed by atoms with Crippen LogP contribution in [0.2, 0.25) is 0 Å². The van der Waals surface area contributed by atoms with Gasteiger partial charge < -0.3 is 9.64 Å². The highest BCUT2D eigenvalue weighted by molar-refractivity contribution is 5.44. The van der Waals surface area contributed by atoms with Gasteiger partial charge >= 0.3 is 0 Å². The number of rotatable bonds is 8. The number of fused-ring (bicyclic) bond motifs is 1. The Balaban J connectivity index is 1.39. The fraction of sp³-hybridized carbons (Fsp3) is 0.379. The number of likely N-dealkylation sites (tertiary alicyclic amines) is 1. The minimum absolute atomic E-state index is 0.344. The molecule has 1 aliphatic carbocycles. The lowest BCUT2D eigenvalue weighted by Crippen LogP contribution is -2.27. The van der Waals surface area contributed by atoms with Crippen molar-refractivity contribution in [1.29, 1.82) is 0 Å². The molecule has 31 heavy (non-hydrogen) atoms. The molecular weight excluding hydrogens is 378 g/mol. The lowest BCUT2D eigenvalue weighted by Gasteiger charge is -2.26. The highest BCUT2D eigenvalue weighted by atomic mass is 16.5. The summed E-state index contributed by atoms with van der Waals surface area (Å²) in [6.07, 6.45) is 2.55. The summed E-state index contributed by atoms with van der Waals surface area (Å²) < 4.78 is 6.38. The van der Waals surface area contributed by atoms with E-state index in [1.54, 1.807) is 0 Å². The lowest BCUT2D eigenvalue weighted by atomic mass is 9.87. The molecule has 5 rings (SSSR count). The van der Waals surface area contributed by atoms with E-state index in [4.69, 9.17) is 4.74 Å². The molecule has 0 amide bonds. The van der Waals surface area contributed by atoms with Gasteiger partial charge in [0, 0.05) is 24.6 Å². The van der Waals surface area contributed by atoms with E-state index in [2.05, 4.69) is 97.6 Å². The Hall–Kier alpha value is -2.58. The van der Waals surface area contributed by atoms with Gasteiger partial charge in [-0.05, 0) is 54.8 Å². The van der Waals surface area contributed by atoms with E-state index in [1.165, 1.54) is 41.8 Å². The molecule has 3 unspecified atom stereocenters. The molecule has 0 bridgehead atoms. The number of ether oxygens (including phenoxy) is 1. The maximum absolute atomic E-state index is 6.38. The van der Waals surface area contributed by atoms with Crippen molar-refractivity contribution >= 4 is 0 Å². The number of aryl methyl sites for hydroxylation is 1. The molecule has 0 aromatic heterocycles. The maximum atomic E-state index is 6.38. The molecule has 2 fully saturated rings. The minimum Gasteiger partial charge on any atom is -0.489 e. The Morgan fingerprint density at radius 1 is 1.00 bits per heavy atom. The Kier molecular flexibility index (Phi) is 5.58. The fourth-order valence-electron chi connectivity index (χ4n) is 5.35. The van der Waals surface area contributed by atoms with Crippen molar-refractivity contribution in [1.82, 2.24) is 4.90 Å². The average molecular weight is 412 g/mol. The van der Waals surface area contributed by atoms with Gasteiger partial charge in [0.15, 0.2) is 0 Å². The summed E-state index contributed by atoms with van der Waals surface area (Å²) in [5, 5.41) is 0. The molecular formula is C29H33NO. The second kappa shape index (κ2) is 8.51. The van der Waals surface area contributed by atoms with E-state index in [1.807, 2.05) is 0 Å². The molecule has 2 aliphatic rings. The van der Waals surface area contributed by atoms with Crippen molar-refractivity contribution in [3.05, 3.63) is 101 Å². The number of hydrogen-bond acceptors (Lipinski definition) is 2. The third kappa shape index (κ3) is 4.55. The van der Waals surface area contributed by atoms with Crippen molar-refractivity contribution < 1.29 is 4.74 Å². The number of hydrogen-bond donors (Lipinski definition) is 0. The van der Waals surface area contributed by atoms with Gasteiger partial charge in [-0.1, -0.05) is 85.3 Å². The third-order valence-corrected chi connectivity index (χ3v) is 7.32. The average Bonchev–Trinajstić information content (AvgIpc) is 3.31. The van der Waals surface area contributed by atoms with Crippen molar-refractivity contribution in [3.8, 4) is 5.75 Å². The summed E-state index contributed by atoms with van der Waals surface area (Å²) in [5.41, 5.74) is 5.80. The van der Waals surface area contributed by atoms with E-state index in [0.717, 1.165) is 24.6 Å². The van der Waals surface area contributed by atoms with Crippen LogP contribution in [0.3, 0.4) is 0 Å². The molecule has 1 heterocycles. The van der Waals surface area contributed by atoms with Crippen molar-refractivity contribution in [2.45, 2.75) is 39.2 Å². The normalized spacial score (nSPS) is 23.4. The van der Waals surface area contributed by atoms with Gasteiger partial charge in [0.2, 0.25) is 0 Å². The van der Waals surface area contributed by atoms with Crippen LogP contribution in [0.25, 0.3) is 0 Å². The Bertz CT molecular complexity index is 1020.